The van der Waals surface area contributed by atoms with E-state index in [1.807, 2.05) is 19.9 Å². The molecule has 6 heteroatoms. The first kappa shape index (κ1) is 15.4. The maximum Gasteiger partial charge on any atom is 0.293 e. The van der Waals surface area contributed by atoms with Crippen LogP contribution in [-0.2, 0) is 4.79 Å². The molecule has 0 aromatic heterocycles. The largest absolute Gasteiger partial charge is 0.493 e. The van der Waals surface area contributed by atoms with Crippen molar-refractivity contribution in [3.8, 4) is 11.5 Å². The third-order valence-electron chi connectivity index (χ3n) is 3.05. The van der Waals surface area contributed by atoms with E-state index in [2.05, 4.69) is 0 Å². The van der Waals surface area contributed by atoms with Gasteiger partial charge in [-0.3, -0.25) is 14.5 Å². The van der Waals surface area contributed by atoms with Crippen molar-refractivity contribution in [2.75, 3.05) is 14.2 Å². The number of methoxy groups -OCH3 is 2. The number of hydrogen-bond acceptors (Lipinski definition) is 5. The molecule has 0 unspecified atom stereocenters. The molecule has 0 atom stereocenters. The Morgan fingerprint density at radius 1 is 1.14 bits per heavy atom. The lowest BCUT2D eigenvalue weighted by molar-refractivity contribution is -0.123. The lowest BCUT2D eigenvalue weighted by Gasteiger charge is -2.16. The number of nitrogens with zero attached hydrogens (tertiary/aromatic N) is 1. The standard InChI is InChI=1S/C15H17NO4S/c1-9(2)16-14(17)13(21-15(16)18)8-10-5-6-11(19-3)12(7-10)20-4/h5-9H,1-4H3/b13-8+. The molecule has 0 saturated carbocycles. The molecule has 21 heavy (non-hydrogen) atoms. The molecule has 1 aromatic rings. The lowest BCUT2D eigenvalue weighted by Crippen LogP contribution is -2.34. The Bertz CT molecular complexity index is 610. The van der Waals surface area contributed by atoms with Gasteiger partial charge in [0.2, 0.25) is 0 Å². The Hall–Kier alpha value is -1.95. The smallest absolute Gasteiger partial charge is 0.293 e. The molecular weight excluding hydrogens is 290 g/mol. The Kier molecular flexibility index (Phi) is 4.57. The van der Waals surface area contributed by atoms with Crippen LogP contribution in [0.1, 0.15) is 19.4 Å². The number of thioether (sulfide) groups is 1. The molecule has 0 aliphatic carbocycles. The van der Waals surface area contributed by atoms with Crippen LogP contribution in [0.2, 0.25) is 0 Å². The minimum Gasteiger partial charge on any atom is -0.493 e. The molecule has 2 amide bonds. The minimum atomic E-state index is -0.255. The quantitative estimate of drug-likeness (QED) is 0.800. The zero-order chi connectivity index (χ0) is 15.6. The lowest BCUT2D eigenvalue weighted by atomic mass is 10.2. The van der Waals surface area contributed by atoms with Crippen LogP contribution in [-0.4, -0.2) is 36.3 Å². The van der Waals surface area contributed by atoms with Crippen molar-refractivity contribution >= 4 is 29.0 Å². The van der Waals surface area contributed by atoms with E-state index in [4.69, 9.17) is 9.47 Å². The van der Waals surface area contributed by atoms with Crippen LogP contribution >= 0.6 is 11.8 Å². The Morgan fingerprint density at radius 3 is 2.33 bits per heavy atom. The van der Waals surface area contributed by atoms with E-state index in [1.165, 1.54) is 4.90 Å². The fourth-order valence-electron chi connectivity index (χ4n) is 2.02. The average Bonchev–Trinajstić information content (AvgIpc) is 2.73. The number of carbonyl (C=O) groups is 2. The molecule has 1 heterocycles. The molecule has 0 bridgehead atoms. The van der Waals surface area contributed by atoms with E-state index in [9.17, 15) is 9.59 Å². The van der Waals surface area contributed by atoms with E-state index in [1.54, 1.807) is 32.4 Å². The van der Waals surface area contributed by atoms with Crippen molar-refractivity contribution in [3.63, 3.8) is 0 Å². The molecule has 5 nitrogen and oxygen atoms in total. The molecule has 0 radical (unpaired) electrons. The SMILES string of the molecule is COc1ccc(/C=C2/SC(=O)N(C(C)C)C2=O)cc1OC. The first-order chi connectivity index (χ1) is 9.97. The normalized spacial score (nSPS) is 17.0. The molecular formula is C15H17NO4S. The van der Waals surface area contributed by atoms with Crippen LogP contribution in [0.3, 0.4) is 0 Å². The summed E-state index contributed by atoms with van der Waals surface area (Å²) in [5, 5.41) is -0.235. The number of rotatable bonds is 4. The zero-order valence-electron chi connectivity index (χ0n) is 12.4. The van der Waals surface area contributed by atoms with E-state index < -0.39 is 0 Å². The molecule has 1 aliphatic heterocycles. The molecule has 2 rings (SSSR count). The fraction of sp³-hybridized carbons (Fsp3) is 0.333. The fourth-order valence-corrected chi connectivity index (χ4v) is 2.98. The average molecular weight is 307 g/mol. The van der Waals surface area contributed by atoms with E-state index >= 15 is 0 Å². The van der Waals surface area contributed by atoms with Gasteiger partial charge in [0.25, 0.3) is 11.1 Å². The number of benzene rings is 1. The van der Waals surface area contributed by atoms with Gasteiger partial charge in [-0.15, -0.1) is 0 Å². The molecule has 1 saturated heterocycles. The van der Waals surface area contributed by atoms with Crippen molar-refractivity contribution in [2.24, 2.45) is 0 Å². The Balaban J connectivity index is 2.32. The van der Waals surface area contributed by atoms with Crippen LogP contribution in [0.4, 0.5) is 4.79 Å². The first-order valence-corrected chi connectivity index (χ1v) is 7.28. The van der Waals surface area contributed by atoms with Gasteiger partial charge in [-0.2, -0.15) is 0 Å². The second-order valence-electron chi connectivity index (χ2n) is 4.76. The predicted octanol–water partition coefficient (Wildman–Crippen LogP) is 3.15. The third kappa shape index (κ3) is 3.05. The zero-order valence-corrected chi connectivity index (χ0v) is 13.2. The van der Waals surface area contributed by atoms with Gasteiger partial charge in [-0.05, 0) is 49.4 Å². The second-order valence-corrected chi connectivity index (χ2v) is 5.75. The van der Waals surface area contributed by atoms with Gasteiger partial charge >= 0.3 is 0 Å². The van der Waals surface area contributed by atoms with Crippen LogP contribution in [0.5, 0.6) is 11.5 Å². The highest BCUT2D eigenvalue weighted by molar-refractivity contribution is 8.18. The summed E-state index contributed by atoms with van der Waals surface area (Å²) >= 11 is 0.955. The topological polar surface area (TPSA) is 55.8 Å². The summed E-state index contributed by atoms with van der Waals surface area (Å²) in [4.78, 5) is 25.7. The van der Waals surface area contributed by atoms with Gasteiger partial charge in [0.15, 0.2) is 11.5 Å². The molecule has 1 aromatic carbocycles. The monoisotopic (exact) mass is 307 g/mol. The van der Waals surface area contributed by atoms with Crippen molar-refractivity contribution in [2.45, 2.75) is 19.9 Å². The van der Waals surface area contributed by atoms with Gasteiger partial charge in [0.1, 0.15) is 0 Å². The molecule has 0 N–H and O–H groups in total. The Labute approximate surface area is 127 Å². The van der Waals surface area contributed by atoms with Crippen molar-refractivity contribution in [1.82, 2.24) is 4.90 Å². The van der Waals surface area contributed by atoms with Crippen molar-refractivity contribution in [3.05, 3.63) is 28.7 Å². The van der Waals surface area contributed by atoms with Gasteiger partial charge in [-0.1, -0.05) is 6.07 Å². The first-order valence-electron chi connectivity index (χ1n) is 6.47. The third-order valence-corrected chi connectivity index (χ3v) is 3.93. The summed E-state index contributed by atoms with van der Waals surface area (Å²) in [6.45, 7) is 3.63. The van der Waals surface area contributed by atoms with Crippen LogP contribution in [0, 0.1) is 0 Å². The molecule has 112 valence electrons. The minimum absolute atomic E-state index is 0.145. The van der Waals surface area contributed by atoms with E-state index in [-0.39, 0.29) is 17.2 Å². The van der Waals surface area contributed by atoms with Gasteiger partial charge in [0.05, 0.1) is 19.1 Å². The molecule has 0 spiro atoms. The maximum atomic E-state index is 12.2. The molecule has 1 fully saturated rings. The van der Waals surface area contributed by atoms with Crippen molar-refractivity contribution < 1.29 is 19.1 Å². The second kappa shape index (κ2) is 6.22. The van der Waals surface area contributed by atoms with E-state index in [0.29, 0.717) is 16.4 Å². The van der Waals surface area contributed by atoms with Crippen molar-refractivity contribution in [1.29, 1.82) is 0 Å². The number of ether oxygens (including phenoxy) is 2. The summed E-state index contributed by atoms with van der Waals surface area (Å²) < 4.78 is 10.4. The highest BCUT2D eigenvalue weighted by Crippen LogP contribution is 2.35. The van der Waals surface area contributed by atoms with Crippen LogP contribution in [0.15, 0.2) is 23.1 Å². The highest BCUT2D eigenvalue weighted by Gasteiger charge is 2.36. The predicted molar refractivity (Wildman–Crippen MR) is 82.5 cm³/mol. The number of amides is 2. The van der Waals surface area contributed by atoms with Gasteiger partial charge < -0.3 is 9.47 Å². The molecule has 1 aliphatic rings. The van der Waals surface area contributed by atoms with Gasteiger partial charge in [0, 0.05) is 6.04 Å². The summed E-state index contributed by atoms with van der Waals surface area (Å²) in [5.41, 5.74) is 0.780. The number of imide groups is 1. The summed E-state index contributed by atoms with van der Waals surface area (Å²) in [6, 6.07) is 5.19. The highest BCUT2D eigenvalue weighted by atomic mass is 32.2. The van der Waals surface area contributed by atoms with Gasteiger partial charge in [-0.25, -0.2) is 0 Å². The van der Waals surface area contributed by atoms with E-state index in [0.717, 1.165) is 17.3 Å². The number of carbonyl (C=O) groups excluding carboxylic acids is 2. The van der Waals surface area contributed by atoms with Crippen LogP contribution < -0.4 is 9.47 Å². The van der Waals surface area contributed by atoms with Crippen LogP contribution in [0.25, 0.3) is 6.08 Å². The summed E-state index contributed by atoms with van der Waals surface area (Å²) in [7, 11) is 3.11. The summed E-state index contributed by atoms with van der Waals surface area (Å²) in [6.07, 6.45) is 1.69. The summed E-state index contributed by atoms with van der Waals surface area (Å²) in [5.74, 6) is 0.939. The Morgan fingerprint density at radius 2 is 1.81 bits per heavy atom. The number of hydrogen-bond donors (Lipinski definition) is 0. The maximum absolute atomic E-state index is 12.2.